The van der Waals surface area contributed by atoms with E-state index in [-0.39, 0.29) is 6.10 Å². The summed E-state index contributed by atoms with van der Waals surface area (Å²) in [5, 5.41) is 4.12. The molecule has 0 aromatic carbocycles. The lowest BCUT2D eigenvalue weighted by Gasteiger charge is -2.08. The van der Waals surface area contributed by atoms with Crippen LogP contribution in [0.15, 0.2) is 12.4 Å². The topological polar surface area (TPSA) is 62.3 Å². The molecule has 0 radical (unpaired) electrons. The van der Waals surface area contributed by atoms with E-state index in [9.17, 15) is 0 Å². The molecule has 2 rings (SSSR count). The molecule has 2 N–H and O–H groups in total. The second-order valence-electron chi connectivity index (χ2n) is 3.33. The summed E-state index contributed by atoms with van der Waals surface area (Å²) in [5.74, 6) is 0.800. The normalized spacial score (nSPS) is 21.4. The van der Waals surface area contributed by atoms with Gasteiger partial charge in [0.15, 0.2) is 5.75 Å². The van der Waals surface area contributed by atoms with Crippen LogP contribution in [0.25, 0.3) is 0 Å². The Kier molecular flexibility index (Phi) is 3.00. The van der Waals surface area contributed by atoms with E-state index < -0.39 is 0 Å². The fraction of sp³-hybridized carbons (Fsp3) is 0.667. The smallest absolute Gasteiger partial charge is 0.157 e. The van der Waals surface area contributed by atoms with Gasteiger partial charge >= 0.3 is 0 Å². The molecule has 0 aliphatic carbocycles. The molecule has 1 fully saturated rings. The first-order chi connectivity index (χ1) is 6.88. The van der Waals surface area contributed by atoms with Crippen LogP contribution >= 0.6 is 0 Å². The van der Waals surface area contributed by atoms with Crippen LogP contribution in [0.1, 0.15) is 6.42 Å². The lowest BCUT2D eigenvalue weighted by Crippen LogP contribution is -2.15. The molecular weight excluding hydrogens is 182 g/mol. The summed E-state index contributed by atoms with van der Waals surface area (Å²) in [4.78, 5) is 0. The highest BCUT2D eigenvalue weighted by Gasteiger charge is 2.17. The Balaban J connectivity index is 1.88. The van der Waals surface area contributed by atoms with Gasteiger partial charge in [0, 0.05) is 13.0 Å². The lowest BCUT2D eigenvalue weighted by molar-refractivity contribution is 0.141. The highest BCUT2D eigenvalue weighted by Crippen LogP contribution is 2.15. The third-order valence-corrected chi connectivity index (χ3v) is 2.16. The van der Waals surface area contributed by atoms with Crippen molar-refractivity contribution in [3.63, 3.8) is 0 Å². The van der Waals surface area contributed by atoms with Crippen LogP contribution in [0.4, 0.5) is 0 Å². The minimum Gasteiger partial charge on any atom is -0.485 e. The maximum atomic E-state index is 5.65. The van der Waals surface area contributed by atoms with Crippen molar-refractivity contribution in [2.24, 2.45) is 5.73 Å². The van der Waals surface area contributed by atoms with E-state index in [4.69, 9.17) is 15.2 Å². The Morgan fingerprint density at radius 3 is 3.36 bits per heavy atom. The molecule has 1 saturated heterocycles. The highest BCUT2D eigenvalue weighted by atomic mass is 16.5. The number of ether oxygens (including phenoxy) is 2. The molecule has 1 unspecified atom stereocenters. The van der Waals surface area contributed by atoms with Crippen LogP contribution in [-0.4, -0.2) is 35.6 Å². The highest BCUT2D eigenvalue weighted by molar-refractivity contribution is 5.12. The van der Waals surface area contributed by atoms with Gasteiger partial charge in [-0.05, 0) is 0 Å². The quantitative estimate of drug-likeness (QED) is 0.738. The Hall–Kier alpha value is -1.07. The average molecular weight is 197 g/mol. The minimum absolute atomic E-state index is 0.186. The van der Waals surface area contributed by atoms with Crippen LogP contribution in [-0.2, 0) is 11.3 Å². The standard InChI is InChI=1S/C9H15N3O2/c10-2-3-12-6-9(5-11-12)14-8-1-4-13-7-8/h5-6,8H,1-4,7,10H2. The Labute approximate surface area is 82.8 Å². The van der Waals surface area contributed by atoms with Crippen molar-refractivity contribution in [3.05, 3.63) is 12.4 Å². The van der Waals surface area contributed by atoms with Gasteiger partial charge in [0.05, 0.1) is 32.2 Å². The molecule has 0 saturated carbocycles. The van der Waals surface area contributed by atoms with Crippen molar-refractivity contribution >= 4 is 0 Å². The summed E-state index contributed by atoms with van der Waals surface area (Å²) >= 11 is 0. The van der Waals surface area contributed by atoms with Gasteiger partial charge in [0.2, 0.25) is 0 Å². The summed E-state index contributed by atoms with van der Waals surface area (Å²) in [7, 11) is 0. The molecule has 5 nitrogen and oxygen atoms in total. The first-order valence-corrected chi connectivity index (χ1v) is 4.85. The zero-order valence-corrected chi connectivity index (χ0v) is 8.06. The molecule has 1 atom stereocenters. The van der Waals surface area contributed by atoms with E-state index in [1.807, 2.05) is 6.20 Å². The molecule has 1 aromatic heterocycles. The summed E-state index contributed by atoms with van der Waals surface area (Å²) < 4.78 is 12.6. The molecule has 14 heavy (non-hydrogen) atoms. The Morgan fingerprint density at radius 1 is 1.71 bits per heavy atom. The van der Waals surface area contributed by atoms with Crippen molar-refractivity contribution in [3.8, 4) is 5.75 Å². The van der Waals surface area contributed by atoms with Gasteiger partial charge in [-0.1, -0.05) is 0 Å². The Morgan fingerprint density at radius 2 is 2.64 bits per heavy atom. The van der Waals surface area contributed by atoms with Gasteiger partial charge in [-0.15, -0.1) is 0 Å². The summed E-state index contributed by atoms with van der Waals surface area (Å²) in [6.07, 6.45) is 4.73. The number of hydrogen-bond donors (Lipinski definition) is 1. The molecule has 78 valence electrons. The van der Waals surface area contributed by atoms with Crippen molar-refractivity contribution in [2.75, 3.05) is 19.8 Å². The fourth-order valence-electron chi connectivity index (χ4n) is 1.46. The molecule has 5 heteroatoms. The summed E-state index contributed by atoms with van der Waals surface area (Å²) in [5.41, 5.74) is 5.41. The van der Waals surface area contributed by atoms with Crippen LogP contribution in [0.5, 0.6) is 5.75 Å². The van der Waals surface area contributed by atoms with Gasteiger partial charge < -0.3 is 15.2 Å². The van der Waals surface area contributed by atoms with E-state index in [1.54, 1.807) is 10.9 Å². The molecular formula is C9H15N3O2. The molecule has 1 aliphatic rings. The largest absolute Gasteiger partial charge is 0.485 e. The van der Waals surface area contributed by atoms with Crippen LogP contribution < -0.4 is 10.5 Å². The molecule has 0 bridgehead atoms. The molecule has 1 aromatic rings. The van der Waals surface area contributed by atoms with Crippen molar-refractivity contribution in [1.82, 2.24) is 9.78 Å². The van der Waals surface area contributed by atoms with E-state index in [2.05, 4.69) is 5.10 Å². The van der Waals surface area contributed by atoms with Gasteiger partial charge in [-0.3, -0.25) is 4.68 Å². The third-order valence-electron chi connectivity index (χ3n) is 2.16. The lowest BCUT2D eigenvalue weighted by atomic mass is 10.3. The van der Waals surface area contributed by atoms with E-state index in [0.29, 0.717) is 13.2 Å². The summed E-state index contributed by atoms with van der Waals surface area (Å²) in [6.45, 7) is 2.79. The molecule has 1 aliphatic heterocycles. The second kappa shape index (κ2) is 4.43. The first kappa shape index (κ1) is 9.48. The van der Waals surface area contributed by atoms with Gasteiger partial charge in [0.1, 0.15) is 6.10 Å². The van der Waals surface area contributed by atoms with Gasteiger partial charge in [-0.25, -0.2) is 0 Å². The zero-order chi connectivity index (χ0) is 9.80. The zero-order valence-electron chi connectivity index (χ0n) is 8.06. The summed E-state index contributed by atoms with van der Waals surface area (Å²) in [6, 6.07) is 0. The van der Waals surface area contributed by atoms with Gasteiger partial charge in [0.25, 0.3) is 0 Å². The fourth-order valence-corrected chi connectivity index (χ4v) is 1.46. The predicted octanol–water partition coefficient (Wildman–Crippen LogP) is 0.00950. The third kappa shape index (κ3) is 2.24. The van der Waals surface area contributed by atoms with Crippen molar-refractivity contribution < 1.29 is 9.47 Å². The van der Waals surface area contributed by atoms with E-state index in [0.717, 1.165) is 25.3 Å². The molecule has 0 spiro atoms. The maximum absolute atomic E-state index is 5.65. The number of aromatic nitrogens is 2. The van der Waals surface area contributed by atoms with Crippen LogP contribution in [0, 0.1) is 0 Å². The van der Waals surface area contributed by atoms with E-state index in [1.165, 1.54) is 0 Å². The molecule has 2 heterocycles. The monoisotopic (exact) mass is 197 g/mol. The number of nitrogens with two attached hydrogens (primary N) is 1. The maximum Gasteiger partial charge on any atom is 0.157 e. The SMILES string of the molecule is NCCn1cc(OC2CCOC2)cn1. The van der Waals surface area contributed by atoms with Crippen molar-refractivity contribution in [2.45, 2.75) is 19.1 Å². The number of hydrogen-bond acceptors (Lipinski definition) is 4. The number of rotatable bonds is 4. The average Bonchev–Trinajstić information content (AvgIpc) is 2.79. The molecule has 0 amide bonds. The van der Waals surface area contributed by atoms with Crippen LogP contribution in [0.3, 0.4) is 0 Å². The first-order valence-electron chi connectivity index (χ1n) is 4.85. The number of nitrogens with zero attached hydrogens (tertiary/aromatic N) is 2. The Bertz CT molecular complexity index is 281. The van der Waals surface area contributed by atoms with Gasteiger partial charge in [-0.2, -0.15) is 5.10 Å². The van der Waals surface area contributed by atoms with Crippen LogP contribution in [0.2, 0.25) is 0 Å². The minimum atomic E-state index is 0.186. The van der Waals surface area contributed by atoms with E-state index >= 15 is 0 Å². The van der Waals surface area contributed by atoms with Crippen molar-refractivity contribution in [1.29, 1.82) is 0 Å². The second-order valence-corrected chi connectivity index (χ2v) is 3.33. The predicted molar refractivity (Wildman–Crippen MR) is 51.1 cm³/mol.